The van der Waals surface area contributed by atoms with Crippen LogP contribution in [0.1, 0.15) is 18.9 Å². The first-order valence-electron chi connectivity index (χ1n) is 6.65. The fraction of sp³-hybridized carbons (Fsp3) is 0.214. The number of rotatable bonds is 5. The minimum atomic E-state index is -1.64. The summed E-state index contributed by atoms with van der Waals surface area (Å²) in [5.74, 6) is -3.43. The van der Waals surface area contributed by atoms with E-state index in [1.165, 1.54) is 0 Å². The second-order valence-electron chi connectivity index (χ2n) is 4.90. The van der Waals surface area contributed by atoms with E-state index < -0.39 is 17.7 Å². The van der Waals surface area contributed by atoms with Gasteiger partial charge in [-0.15, -0.1) is 0 Å². The van der Waals surface area contributed by atoms with E-state index in [2.05, 4.69) is 21.1 Å². The lowest BCUT2D eigenvalue weighted by Gasteiger charge is -2.19. The van der Waals surface area contributed by atoms with E-state index in [1.54, 1.807) is 24.3 Å². The zero-order chi connectivity index (χ0) is 17.0. The maximum absolute atomic E-state index is 11.2. The van der Waals surface area contributed by atoms with Gasteiger partial charge >= 0.3 is 11.9 Å². The lowest BCUT2D eigenvalue weighted by Crippen LogP contribution is -2.31. The van der Waals surface area contributed by atoms with Gasteiger partial charge in [-0.1, -0.05) is 19.1 Å². The standard InChI is InChI=1S/C14H14N4O5/c1-7-6-10(19)16-17-11(7)8-2-4-9(5-3-8)15-18-12(13(20)21)14(22)23/h2-5,7,15H,6H2,1H3,(H,16,19)(H,20,21)(H,22,23). The Hall–Kier alpha value is -3.23. The van der Waals surface area contributed by atoms with Crippen molar-refractivity contribution in [2.24, 2.45) is 16.1 Å². The highest BCUT2D eigenvalue weighted by molar-refractivity contribution is 6.61. The first kappa shape index (κ1) is 16.1. The van der Waals surface area contributed by atoms with Gasteiger partial charge in [0, 0.05) is 12.3 Å². The second-order valence-corrected chi connectivity index (χ2v) is 4.90. The van der Waals surface area contributed by atoms with E-state index in [-0.39, 0.29) is 11.8 Å². The number of carboxylic acids is 2. The lowest BCUT2D eigenvalue weighted by molar-refractivity contribution is -0.134. The normalized spacial score (nSPS) is 16.8. The number of hydrogen-bond donors (Lipinski definition) is 4. The Bertz CT molecular complexity index is 692. The third-order valence-corrected chi connectivity index (χ3v) is 3.14. The van der Waals surface area contributed by atoms with Crippen LogP contribution in [0.25, 0.3) is 0 Å². The summed E-state index contributed by atoms with van der Waals surface area (Å²) in [6.45, 7) is 1.89. The average molecular weight is 318 g/mol. The predicted molar refractivity (Wildman–Crippen MR) is 81.2 cm³/mol. The molecule has 1 aliphatic heterocycles. The molecule has 1 amide bonds. The van der Waals surface area contributed by atoms with Gasteiger partial charge in [0.1, 0.15) is 0 Å². The van der Waals surface area contributed by atoms with Gasteiger partial charge in [-0.2, -0.15) is 10.2 Å². The van der Waals surface area contributed by atoms with Crippen molar-refractivity contribution in [3.63, 3.8) is 0 Å². The number of hydrazone groups is 2. The van der Waals surface area contributed by atoms with Crippen LogP contribution in [-0.4, -0.2) is 39.5 Å². The molecule has 1 atom stereocenters. The van der Waals surface area contributed by atoms with Crippen molar-refractivity contribution in [3.05, 3.63) is 29.8 Å². The molecular weight excluding hydrogens is 304 g/mol. The van der Waals surface area contributed by atoms with Crippen LogP contribution in [0.2, 0.25) is 0 Å². The van der Waals surface area contributed by atoms with E-state index in [9.17, 15) is 14.4 Å². The number of nitrogens with one attached hydrogen (secondary N) is 2. The molecule has 0 bridgehead atoms. The van der Waals surface area contributed by atoms with E-state index in [1.807, 2.05) is 6.92 Å². The van der Waals surface area contributed by atoms with Crippen LogP contribution >= 0.6 is 0 Å². The van der Waals surface area contributed by atoms with Crippen LogP contribution in [0.4, 0.5) is 5.69 Å². The van der Waals surface area contributed by atoms with Gasteiger partial charge in [-0.3, -0.25) is 10.2 Å². The number of hydrogen-bond acceptors (Lipinski definition) is 6. The van der Waals surface area contributed by atoms with Gasteiger partial charge in [0.15, 0.2) is 0 Å². The molecule has 0 spiro atoms. The third-order valence-electron chi connectivity index (χ3n) is 3.14. The largest absolute Gasteiger partial charge is 0.476 e. The van der Waals surface area contributed by atoms with Crippen molar-refractivity contribution in [1.29, 1.82) is 0 Å². The van der Waals surface area contributed by atoms with Gasteiger partial charge in [0.05, 0.1) is 11.4 Å². The van der Waals surface area contributed by atoms with Gasteiger partial charge in [0.2, 0.25) is 5.91 Å². The van der Waals surface area contributed by atoms with Crippen LogP contribution in [0.3, 0.4) is 0 Å². The SMILES string of the molecule is CC1CC(=O)NN=C1c1ccc(NN=C(C(=O)O)C(=O)O)cc1. The van der Waals surface area contributed by atoms with Crippen LogP contribution in [0.5, 0.6) is 0 Å². The number of benzene rings is 1. The fourth-order valence-corrected chi connectivity index (χ4v) is 2.03. The number of carbonyl (C=O) groups is 3. The zero-order valence-electron chi connectivity index (χ0n) is 12.1. The highest BCUT2D eigenvalue weighted by Gasteiger charge is 2.21. The molecule has 4 N–H and O–H groups in total. The van der Waals surface area contributed by atoms with E-state index in [4.69, 9.17) is 10.2 Å². The number of aliphatic carboxylic acids is 2. The maximum atomic E-state index is 11.2. The van der Waals surface area contributed by atoms with Crippen molar-refractivity contribution in [2.75, 3.05) is 5.43 Å². The molecule has 9 heteroatoms. The van der Waals surface area contributed by atoms with Crippen LogP contribution in [0, 0.1) is 5.92 Å². The topological polar surface area (TPSA) is 140 Å². The van der Waals surface area contributed by atoms with Gasteiger partial charge in [-0.25, -0.2) is 15.0 Å². The van der Waals surface area contributed by atoms with Crippen molar-refractivity contribution < 1.29 is 24.6 Å². The van der Waals surface area contributed by atoms with E-state index in [0.29, 0.717) is 12.1 Å². The smallest absolute Gasteiger partial charge is 0.364 e. The van der Waals surface area contributed by atoms with Crippen molar-refractivity contribution >= 4 is 35.0 Å². The molecule has 0 saturated carbocycles. The zero-order valence-corrected chi connectivity index (χ0v) is 12.1. The number of anilines is 1. The summed E-state index contributed by atoms with van der Waals surface area (Å²) >= 11 is 0. The quantitative estimate of drug-likeness (QED) is 0.353. The van der Waals surface area contributed by atoms with Crippen LogP contribution in [0.15, 0.2) is 34.5 Å². The summed E-state index contributed by atoms with van der Waals surface area (Å²) in [4.78, 5) is 32.6. The molecule has 2 rings (SSSR count). The molecule has 120 valence electrons. The van der Waals surface area contributed by atoms with Crippen LogP contribution in [-0.2, 0) is 14.4 Å². The Kier molecular flexibility index (Phi) is 4.69. The molecule has 0 saturated heterocycles. The number of nitrogens with zero attached hydrogens (tertiary/aromatic N) is 2. The highest BCUT2D eigenvalue weighted by Crippen LogP contribution is 2.18. The lowest BCUT2D eigenvalue weighted by atomic mass is 9.94. The predicted octanol–water partition coefficient (Wildman–Crippen LogP) is 0.484. The summed E-state index contributed by atoms with van der Waals surface area (Å²) in [6.07, 6.45) is 0.351. The number of amides is 1. The molecule has 0 fully saturated rings. The molecule has 1 heterocycles. The van der Waals surface area contributed by atoms with Gasteiger partial charge < -0.3 is 10.2 Å². The first-order chi connectivity index (χ1) is 10.9. The second kappa shape index (κ2) is 6.69. The molecule has 9 nitrogen and oxygen atoms in total. The van der Waals surface area contributed by atoms with Crippen molar-refractivity contribution in [2.45, 2.75) is 13.3 Å². The fourth-order valence-electron chi connectivity index (χ4n) is 2.03. The summed E-state index contributed by atoms with van der Waals surface area (Å²) < 4.78 is 0. The Morgan fingerprint density at radius 2 is 1.87 bits per heavy atom. The number of carboxylic acid groups (broad SMARTS) is 2. The Labute approximate surface area is 130 Å². The molecule has 0 aliphatic carbocycles. The molecule has 1 aromatic carbocycles. The van der Waals surface area contributed by atoms with Crippen LogP contribution < -0.4 is 10.9 Å². The molecule has 23 heavy (non-hydrogen) atoms. The monoisotopic (exact) mass is 318 g/mol. The average Bonchev–Trinajstić information content (AvgIpc) is 2.47. The summed E-state index contributed by atoms with van der Waals surface area (Å²) in [5.41, 5.74) is 5.73. The molecule has 1 unspecified atom stereocenters. The minimum absolute atomic E-state index is 0.0220. The molecule has 1 aromatic rings. The van der Waals surface area contributed by atoms with Gasteiger partial charge in [-0.05, 0) is 17.7 Å². The maximum Gasteiger partial charge on any atom is 0.364 e. The summed E-state index contributed by atoms with van der Waals surface area (Å²) in [6, 6.07) is 6.63. The van der Waals surface area contributed by atoms with Gasteiger partial charge in [0.25, 0.3) is 5.71 Å². The first-order valence-corrected chi connectivity index (χ1v) is 6.65. The van der Waals surface area contributed by atoms with Crippen molar-refractivity contribution in [3.8, 4) is 0 Å². The summed E-state index contributed by atoms with van der Waals surface area (Å²) in [7, 11) is 0. The number of carbonyl (C=O) groups excluding carboxylic acids is 1. The third kappa shape index (κ3) is 3.90. The van der Waals surface area contributed by atoms with E-state index in [0.717, 1.165) is 11.3 Å². The Balaban J connectivity index is 2.14. The molecule has 0 aromatic heterocycles. The molecule has 1 aliphatic rings. The Morgan fingerprint density at radius 1 is 1.26 bits per heavy atom. The molecular formula is C14H14N4O5. The molecule has 0 radical (unpaired) electrons. The van der Waals surface area contributed by atoms with Crippen molar-refractivity contribution in [1.82, 2.24) is 5.43 Å². The highest BCUT2D eigenvalue weighted by atomic mass is 16.4. The van der Waals surface area contributed by atoms with E-state index >= 15 is 0 Å². The summed E-state index contributed by atoms with van der Waals surface area (Å²) in [5, 5.41) is 24.7. The Morgan fingerprint density at radius 3 is 2.39 bits per heavy atom. The minimum Gasteiger partial charge on any atom is -0.476 e.